The summed E-state index contributed by atoms with van der Waals surface area (Å²) in [5.74, 6) is 1.87. The lowest BCUT2D eigenvalue weighted by Gasteiger charge is -2.32. The summed E-state index contributed by atoms with van der Waals surface area (Å²) >= 11 is 1.78. The minimum atomic E-state index is 0.578. The summed E-state index contributed by atoms with van der Waals surface area (Å²) in [5.41, 5.74) is 3.15. The van der Waals surface area contributed by atoms with Crippen molar-refractivity contribution in [2.75, 3.05) is 13.1 Å². The maximum atomic E-state index is 4.67. The van der Waals surface area contributed by atoms with Crippen LogP contribution in [0.4, 0.5) is 0 Å². The van der Waals surface area contributed by atoms with E-state index in [1.165, 1.54) is 48.6 Å². The van der Waals surface area contributed by atoms with Gasteiger partial charge in [0.25, 0.3) is 0 Å². The summed E-state index contributed by atoms with van der Waals surface area (Å²) in [6, 6.07) is 0. The van der Waals surface area contributed by atoms with Crippen molar-refractivity contribution < 1.29 is 0 Å². The molecule has 0 aliphatic carbocycles. The number of piperidine rings is 1. The molecule has 0 amide bonds. The maximum absolute atomic E-state index is 4.67. The smallest absolute Gasteiger partial charge is 0.113 e. The van der Waals surface area contributed by atoms with E-state index in [2.05, 4.69) is 39.5 Å². The van der Waals surface area contributed by atoms with Gasteiger partial charge in [0.2, 0.25) is 0 Å². The van der Waals surface area contributed by atoms with E-state index in [1.54, 1.807) is 11.3 Å². The molecular weight excluding hydrogens is 292 g/mol. The third kappa shape index (κ3) is 3.58. The van der Waals surface area contributed by atoms with Crippen LogP contribution in [-0.4, -0.2) is 32.5 Å². The Kier molecular flexibility index (Phi) is 5.26. The predicted octanol–water partition coefficient (Wildman–Crippen LogP) is 3.83. The van der Waals surface area contributed by atoms with Gasteiger partial charge in [-0.25, -0.2) is 9.97 Å². The van der Waals surface area contributed by atoms with Gasteiger partial charge in [-0.15, -0.1) is 11.3 Å². The second-order valence-corrected chi connectivity index (χ2v) is 7.21. The highest BCUT2D eigenvalue weighted by atomic mass is 32.1. The average Bonchev–Trinajstić information content (AvgIpc) is 3.15. The Morgan fingerprint density at radius 3 is 3.05 bits per heavy atom. The summed E-state index contributed by atoms with van der Waals surface area (Å²) in [4.78, 5) is 13.0. The topological polar surface area (TPSA) is 34.0 Å². The molecule has 0 N–H and O–H groups in total. The summed E-state index contributed by atoms with van der Waals surface area (Å²) < 4.78 is 2.37. The van der Waals surface area contributed by atoms with Gasteiger partial charge in [0.1, 0.15) is 5.82 Å². The zero-order chi connectivity index (χ0) is 15.4. The molecule has 2 aromatic heterocycles. The molecule has 5 heteroatoms. The molecule has 0 radical (unpaired) electrons. The number of imidazole rings is 1. The molecule has 0 spiro atoms. The third-order valence-electron chi connectivity index (χ3n) is 4.58. The number of hydrogen-bond donors (Lipinski definition) is 0. The van der Waals surface area contributed by atoms with Crippen LogP contribution in [-0.2, 0) is 13.1 Å². The van der Waals surface area contributed by atoms with Crippen molar-refractivity contribution in [2.45, 2.75) is 58.5 Å². The lowest BCUT2D eigenvalue weighted by Crippen LogP contribution is -2.34. The number of hydrogen-bond acceptors (Lipinski definition) is 4. The molecule has 4 nitrogen and oxygen atoms in total. The van der Waals surface area contributed by atoms with E-state index in [0.717, 1.165) is 19.6 Å². The number of nitrogens with zero attached hydrogens (tertiary/aromatic N) is 4. The first-order valence-electron chi connectivity index (χ1n) is 8.40. The lowest BCUT2D eigenvalue weighted by molar-refractivity contribution is 0.195. The Morgan fingerprint density at radius 2 is 2.27 bits per heavy atom. The van der Waals surface area contributed by atoms with Gasteiger partial charge in [-0.3, -0.25) is 4.90 Å². The van der Waals surface area contributed by atoms with E-state index in [-0.39, 0.29) is 0 Å². The Labute approximate surface area is 137 Å². The third-order valence-corrected chi connectivity index (χ3v) is 5.50. The molecule has 1 atom stereocenters. The molecular formula is C17H26N4S. The van der Waals surface area contributed by atoms with Gasteiger partial charge in [-0.2, -0.15) is 0 Å². The summed E-state index contributed by atoms with van der Waals surface area (Å²) in [7, 11) is 0. The molecule has 120 valence electrons. The molecule has 0 aromatic carbocycles. The van der Waals surface area contributed by atoms with Gasteiger partial charge < -0.3 is 4.57 Å². The summed E-state index contributed by atoms with van der Waals surface area (Å²) in [6.45, 7) is 8.84. The van der Waals surface area contributed by atoms with Crippen LogP contribution >= 0.6 is 11.3 Å². The largest absolute Gasteiger partial charge is 0.335 e. The van der Waals surface area contributed by atoms with Gasteiger partial charge in [-0.1, -0.05) is 13.3 Å². The van der Waals surface area contributed by atoms with Gasteiger partial charge >= 0.3 is 0 Å². The molecule has 3 heterocycles. The quantitative estimate of drug-likeness (QED) is 0.812. The number of aryl methyl sites for hydroxylation is 2. The van der Waals surface area contributed by atoms with E-state index in [0.29, 0.717) is 5.92 Å². The molecule has 22 heavy (non-hydrogen) atoms. The van der Waals surface area contributed by atoms with Crippen molar-refractivity contribution in [3.05, 3.63) is 34.3 Å². The first-order chi connectivity index (χ1) is 10.8. The zero-order valence-electron chi connectivity index (χ0n) is 13.7. The van der Waals surface area contributed by atoms with Gasteiger partial charge in [0.05, 0.1) is 11.2 Å². The molecule has 0 unspecified atom stereocenters. The Hall–Kier alpha value is -1.20. The van der Waals surface area contributed by atoms with Gasteiger partial charge in [0, 0.05) is 42.8 Å². The number of unbranched alkanes of at least 4 members (excludes halogenated alkanes) is 1. The van der Waals surface area contributed by atoms with Crippen LogP contribution in [0.2, 0.25) is 0 Å². The molecule has 2 aromatic rings. The second kappa shape index (κ2) is 7.38. The van der Waals surface area contributed by atoms with Crippen molar-refractivity contribution in [1.82, 2.24) is 19.4 Å². The van der Waals surface area contributed by atoms with Crippen LogP contribution in [0.1, 0.15) is 54.9 Å². The zero-order valence-corrected chi connectivity index (χ0v) is 14.5. The van der Waals surface area contributed by atoms with E-state index in [9.17, 15) is 0 Å². The van der Waals surface area contributed by atoms with Crippen LogP contribution in [0.3, 0.4) is 0 Å². The first kappa shape index (κ1) is 15.7. The first-order valence-corrected chi connectivity index (χ1v) is 9.28. The molecule has 0 saturated carbocycles. The van der Waals surface area contributed by atoms with Crippen LogP contribution in [0.5, 0.6) is 0 Å². The fourth-order valence-corrected chi connectivity index (χ4v) is 4.11. The van der Waals surface area contributed by atoms with E-state index in [1.807, 2.05) is 11.7 Å². The van der Waals surface area contributed by atoms with Crippen molar-refractivity contribution in [3.8, 4) is 0 Å². The summed E-state index contributed by atoms with van der Waals surface area (Å²) in [6.07, 6.45) is 9.12. The number of thiazole rings is 1. The van der Waals surface area contributed by atoms with Crippen molar-refractivity contribution in [3.63, 3.8) is 0 Å². The van der Waals surface area contributed by atoms with Gasteiger partial charge in [-0.05, 0) is 32.7 Å². The normalized spacial score (nSPS) is 19.6. The standard InChI is InChI=1S/C17H26N4S/c1-3-4-9-21-10-7-18-17(21)15-6-5-8-20(11-15)12-16-14(2)19-13-22-16/h7,10,13,15H,3-6,8-9,11-12H2,1-2H3/t15-/m0/s1. The fraction of sp³-hybridized carbons (Fsp3) is 0.647. The predicted molar refractivity (Wildman–Crippen MR) is 91.2 cm³/mol. The van der Waals surface area contributed by atoms with Crippen LogP contribution in [0.15, 0.2) is 17.9 Å². The number of rotatable bonds is 6. The summed E-state index contributed by atoms with van der Waals surface area (Å²) in [5, 5.41) is 0. The molecule has 1 aliphatic rings. The van der Waals surface area contributed by atoms with Crippen LogP contribution in [0, 0.1) is 6.92 Å². The average molecular weight is 318 g/mol. The van der Waals surface area contributed by atoms with Gasteiger partial charge in [0.15, 0.2) is 0 Å². The van der Waals surface area contributed by atoms with Crippen LogP contribution in [0.25, 0.3) is 0 Å². The molecule has 1 saturated heterocycles. The highest BCUT2D eigenvalue weighted by Crippen LogP contribution is 2.28. The lowest BCUT2D eigenvalue weighted by atomic mass is 9.97. The van der Waals surface area contributed by atoms with Crippen molar-refractivity contribution >= 4 is 11.3 Å². The SMILES string of the molecule is CCCCn1ccnc1[C@H]1CCCN(Cc2scnc2C)C1. The van der Waals surface area contributed by atoms with E-state index in [4.69, 9.17) is 0 Å². The fourth-order valence-electron chi connectivity index (χ4n) is 3.29. The number of aromatic nitrogens is 3. The molecule has 1 aliphatic heterocycles. The monoisotopic (exact) mass is 318 g/mol. The molecule has 0 bridgehead atoms. The minimum absolute atomic E-state index is 0.578. The van der Waals surface area contributed by atoms with Crippen molar-refractivity contribution in [1.29, 1.82) is 0 Å². The number of likely N-dealkylation sites (tertiary alicyclic amines) is 1. The van der Waals surface area contributed by atoms with E-state index < -0.39 is 0 Å². The van der Waals surface area contributed by atoms with Crippen molar-refractivity contribution in [2.24, 2.45) is 0 Å². The Bertz CT molecular complexity index is 589. The molecule has 3 rings (SSSR count). The molecule has 1 fully saturated rings. The minimum Gasteiger partial charge on any atom is -0.335 e. The Morgan fingerprint density at radius 1 is 1.36 bits per heavy atom. The highest BCUT2D eigenvalue weighted by molar-refractivity contribution is 7.09. The van der Waals surface area contributed by atoms with E-state index >= 15 is 0 Å². The highest BCUT2D eigenvalue weighted by Gasteiger charge is 2.25. The Balaban J connectivity index is 1.65. The van der Waals surface area contributed by atoms with Crippen LogP contribution < -0.4 is 0 Å². The maximum Gasteiger partial charge on any atom is 0.113 e. The second-order valence-electron chi connectivity index (χ2n) is 6.27.